The van der Waals surface area contributed by atoms with Crippen LogP contribution >= 0.6 is 0 Å². The van der Waals surface area contributed by atoms with Crippen molar-refractivity contribution in [2.24, 2.45) is 5.92 Å². The maximum absolute atomic E-state index is 12.1. The van der Waals surface area contributed by atoms with Gasteiger partial charge >= 0.3 is 6.03 Å². The summed E-state index contributed by atoms with van der Waals surface area (Å²) in [5.41, 5.74) is 0.838. The molecular formula is C19H30N4O. The molecule has 2 aliphatic heterocycles. The SMILES string of the molecule is O=C(NCC1CCCCN1CC1CCNCC1)Nc1ccccc1. The summed E-state index contributed by atoms with van der Waals surface area (Å²) in [5, 5.41) is 9.41. The van der Waals surface area contributed by atoms with E-state index in [0.717, 1.165) is 31.2 Å². The Morgan fingerprint density at radius 1 is 1.12 bits per heavy atom. The second kappa shape index (κ2) is 9.04. The van der Waals surface area contributed by atoms with Crippen LogP contribution in [-0.2, 0) is 0 Å². The maximum Gasteiger partial charge on any atom is 0.319 e. The number of urea groups is 1. The number of amides is 2. The van der Waals surface area contributed by atoms with Crippen LogP contribution in [-0.4, -0.2) is 49.7 Å². The standard InChI is InChI=1S/C19H30N4O/c24-19(22-17-6-2-1-3-7-17)21-14-18-8-4-5-13-23(18)15-16-9-11-20-12-10-16/h1-3,6-7,16,18,20H,4-5,8-15H2,(H2,21,22,24). The highest BCUT2D eigenvalue weighted by molar-refractivity contribution is 5.89. The molecule has 1 aromatic rings. The molecule has 2 aliphatic rings. The van der Waals surface area contributed by atoms with E-state index in [0.29, 0.717) is 6.04 Å². The van der Waals surface area contributed by atoms with Crippen LogP contribution in [0.15, 0.2) is 30.3 Å². The molecule has 0 bridgehead atoms. The fraction of sp³-hybridized carbons (Fsp3) is 0.632. The third-order valence-corrected chi connectivity index (χ3v) is 5.23. The van der Waals surface area contributed by atoms with Crippen molar-refractivity contribution >= 4 is 11.7 Å². The van der Waals surface area contributed by atoms with Gasteiger partial charge in [0.25, 0.3) is 0 Å². The van der Waals surface area contributed by atoms with Crippen LogP contribution in [0, 0.1) is 5.92 Å². The predicted molar refractivity (Wildman–Crippen MR) is 98.3 cm³/mol. The van der Waals surface area contributed by atoms with Crippen molar-refractivity contribution in [2.75, 3.05) is 38.0 Å². The Bertz CT molecular complexity index is 501. The van der Waals surface area contributed by atoms with Crippen molar-refractivity contribution in [1.82, 2.24) is 15.5 Å². The van der Waals surface area contributed by atoms with Gasteiger partial charge in [0.1, 0.15) is 0 Å². The van der Waals surface area contributed by atoms with Gasteiger partial charge in [-0.25, -0.2) is 4.79 Å². The highest BCUT2D eigenvalue weighted by atomic mass is 16.2. The molecule has 0 aromatic heterocycles. The molecule has 0 radical (unpaired) electrons. The summed E-state index contributed by atoms with van der Waals surface area (Å²) < 4.78 is 0. The van der Waals surface area contributed by atoms with Gasteiger partial charge in [-0.15, -0.1) is 0 Å². The van der Waals surface area contributed by atoms with E-state index in [1.54, 1.807) is 0 Å². The molecule has 3 N–H and O–H groups in total. The second-order valence-electron chi connectivity index (χ2n) is 7.04. The summed E-state index contributed by atoms with van der Waals surface area (Å²) >= 11 is 0. The fourth-order valence-electron chi connectivity index (χ4n) is 3.83. The average Bonchev–Trinajstić information content (AvgIpc) is 2.63. The number of carbonyl (C=O) groups is 1. The molecule has 2 saturated heterocycles. The molecule has 0 aliphatic carbocycles. The summed E-state index contributed by atoms with van der Waals surface area (Å²) in [6.07, 6.45) is 6.32. The molecule has 1 unspecified atom stereocenters. The number of nitrogens with one attached hydrogen (secondary N) is 3. The topological polar surface area (TPSA) is 56.4 Å². The van der Waals surface area contributed by atoms with Crippen molar-refractivity contribution in [3.63, 3.8) is 0 Å². The molecule has 2 heterocycles. The molecule has 0 spiro atoms. The van der Waals surface area contributed by atoms with E-state index in [9.17, 15) is 4.79 Å². The van der Waals surface area contributed by atoms with E-state index in [1.165, 1.54) is 45.2 Å². The Labute approximate surface area is 145 Å². The summed E-state index contributed by atoms with van der Waals surface area (Å²) in [6.45, 7) is 5.41. The van der Waals surface area contributed by atoms with Crippen molar-refractivity contribution < 1.29 is 4.79 Å². The van der Waals surface area contributed by atoms with Gasteiger partial charge in [-0.2, -0.15) is 0 Å². The number of carbonyl (C=O) groups excluding carboxylic acids is 1. The van der Waals surface area contributed by atoms with Gasteiger partial charge in [-0.3, -0.25) is 4.90 Å². The number of rotatable bonds is 5. The van der Waals surface area contributed by atoms with E-state index in [1.807, 2.05) is 30.3 Å². The van der Waals surface area contributed by atoms with Gasteiger partial charge < -0.3 is 16.0 Å². The van der Waals surface area contributed by atoms with Crippen LogP contribution in [0.3, 0.4) is 0 Å². The summed E-state index contributed by atoms with van der Waals surface area (Å²) in [4.78, 5) is 14.7. The third-order valence-electron chi connectivity index (χ3n) is 5.23. The molecule has 0 saturated carbocycles. The second-order valence-corrected chi connectivity index (χ2v) is 7.04. The molecule has 24 heavy (non-hydrogen) atoms. The van der Waals surface area contributed by atoms with E-state index in [4.69, 9.17) is 0 Å². The Balaban J connectivity index is 1.45. The van der Waals surface area contributed by atoms with Crippen LogP contribution < -0.4 is 16.0 Å². The molecule has 132 valence electrons. The number of hydrogen-bond acceptors (Lipinski definition) is 3. The summed E-state index contributed by atoms with van der Waals surface area (Å²) in [6, 6.07) is 10.00. The minimum absolute atomic E-state index is 0.103. The first-order valence-corrected chi connectivity index (χ1v) is 9.36. The Morgan fingerprint density at radius 3 is 2.71 bits per heavy atom. The lowest BCUT2D eigenvalue weighted by molar-refractivity contribution is 0.115. The highest BCUT2D eigenvalue weighted by Gasteiger charge is 2.26. The van der Waals surface area contributed by atoms with E-state index in [-0.39, 0.29) is 6.03 Å². The summed E-state index contributed by atoms with van der Waals surface area (Å²) in [5.74, 6) is 0.810. The Morgan fingerprint density at radius 2 is 1.92 bits per heavy atom. The average molecular weight is 330 g/mol. The van der Waals surface area contributed by atoms with E-state index >= 15 is 0 Å². The van der Waals surface area contributed by atoms with Crippen molar-refractivity contribution in [3.8, 4) is 0 Å². The Hall–Kier alpha value is -1.59. The molecular weight excluding hydrogens is 300 g/mol. The van der Waals surface area contributed by atoms with Crippen molar-refractivity contribution in [2.45, 2.75) is 38.1 Å². The molecule has 5 heteroatoms. The number of benzene rings is 1. The lowest BCUT2D eigenvalue weighted by Crippen LogP contribution is -2.49. The number of likely N-dealkylation sites (tertiary alicyclic amines) is 1. The first kappa shape index (κ1) is 17.2. The lowest BCUT2D eigenvalue weighted by atomic mass is 9.94. The molecule has 2 amide bonds. The lowest BCUT2D eigenvalue weighted by Gasteiger charge is -2.39. The van der Waals surface area contributed by atoms with Crippen LogP contribution in [0.5, 0.6) is 0 Å². The van der Waals surface area contributed by atoms with Gasteiger partial charge in [0.2, 0.25) is 0 Å². The van der Waals surface area contributed by atoms with Crippen molar-refractivity contribution in [1.29, 1.82) is 0 Å². The number of nitrogens with zero attached hydrogens (tertiary/aromatic N) is 1. The van der Waals surface area contributed by atoms with Gasteiger partial charge in [0.05, 0.1) is 0 Å². The zero-order valence-electron chi connectivity index (χ0n) is 14.5. The molecule has 2 fully saturated rings. The van der Waals surface area contributed by atoms with Gasteiger partial charge in [0, 0.05) is 24.8 Å². The first-order chi connectivity index (χ1) is 11.8. The van der Waals surface area contributed by atoms with Crippen LogP contribution in [0.25, 0.3) is 0 Å². The van der Waals surface area contributed by atoms with Gasteiger partial charge in [-0.1, -0.05) is 24.6 Å². The zero-order valence-corrected chi connectivity index (χ0v) is 14.5. The monoisotopic (exact) mass is 330 g/mol. The zero-order chi connectivity index (χ0) is 16.6. The Kier molecular flexibility index (Phi) is 6.49. The maximum atomic E-state index is 12.1. The normalized spacial score (nSPS) is 22.9. The number of piperidine rings is 2. The first-order valence-electron chi connectivity index (χ1n) is 9.36. The third kappa shape index (κ3) is 5.21. The molecule has 1 aromatic carbocycles. The fourth-order valence-corrected chi connectivity index (χ4v) is 3.83. The minimum Gasteiger partial charge on any atom is -0.336 e. The number of hydrogen-bond donors (Lipinski definition) is 3. The summed E-state index contributed by atoms with van der Waals surface area (Å²) in [7, 11) is 0. The largest absolute Gasteiger partial charge is 0.336 e. The number of para-hydroxylation sites is 1. The van der Waals surface area contributed by atoms with Crippen LogP contribution in [0.2, 0.25) is 0 Å². The van der Waals surface area contributed by atoms with Crippen LogP contribution in [0.1, 0.15) is 32.1 Å². The molecule has 3 rings (SSSR count). The minimum atomic E-state index is -0.103. The molecule has 1 atom stereocenters. The van der Waals surface area contributed by atoms with Crippen LogP contribution in [0.4, 0.5) is 10.5 Å². The number of anilines is 1. The van der Waals surface area contributed by atoms with E-state index < -0.39 is 0 Å². The van der Waals surface area contributed by atoms with Crippen molar-refractivity contribution in [3.05, 3.63) is 30.3 Å². The highest BCUT2D eigenvalue weighted by Crippen LogP contribution is 2.21. The predicted octanol–water partition coefficient (Wildman–Crippen LogP) is 2.66. The van der Waals surface area contributed by atoms with E-state index in [2.05, 4.69) is 20.9 Å². The van der Waals surface area contributed by atoms with Gasteiger partial charge in [-0.05, 0) is 63.4 Å². The molecule has 5 nitrogen and oxygen atoms in total. The quantitative estimate of drug-likeness (QED) is 0.778. The van der Waals surface area contributed by atoms with Gasteiger partial charge in [0.15, 0.2) is 0 Å². The smallest absolute Gasteiger partial charge is 0.319 e.